The summed E-state index contributed by atoms with van der Waals surface area (Å²) in [5.41, 5.74) is 0.233. The largest absolute Gasteiger partial charge is 0.496 e. The van der Waals surface area contributed by atoms with E-state index in [2.05, 4.69) is 5.32 Å². The molecule has 1 heterocycles. The minimum absolute atomic E-state index is 0.0278. The molecule has 1 fully saturated rings. The fraction of sp³-hybridized carbons (Fsp3) is 0.636. The number of nitrogens with zero attached hydrogens (tertiary/aromatic N) is 1. The Morgan fingerprint density at radius 2 is 1.94 bits per heavy atom. The molecule has 0 spiro atoms. The number of hydrogen-bond donors (Lipinski definition) is 1. The Kier molecular flexibility index (Phi) is 8.86. The lowest BCUT2D eigenvalue weighted by Crippen LogP contribution is -2.53. The molecule has 1 aliphatic rings. The van der Waals surface area contributed by atoms with Gasteiger partial charge in [-0.2, -0.15) is 0 Å². The summed E-state index contributed by atoms with van der Waals surface area (Å²) in [6, 6.07) is 2.78. The number of halogens is 2. The Morgan fingerprint density at radius 1 is 1.26 bits per heavy atom. The first kappa shape index (κ1) is 25.6. The van der Waals surface area contributed by atoms with Crippen LogP contribution in [-0.4, -0.2) is 62.0 Å². The van der Waals surface area contributed by atoms with E-state index in [0.29, 0.717) is 41.7 Å². The van der Waals surface area contributed by atoms with Gasteiger partial charge < -0.3 is 24.4 Å². The highest BCUT2D eigenvalue weighted by atomic mass is 35.5. The van der Waals surface area contributed by atoms with Crippen LogP contribution in [-0.2, 0) is 14.3 Å². The summed E-state index contributed by atoms with van der Waals surface area (Å²) in [6.45, 7) is 8.10. The molecule has 1 aromatic carbocycles. The number of esters is 1. The third-order valence-corrected chi connectivity index (χ3v) is 6.10. The number of carbonyl (C=O) groups excluding carboxylic acids is 2. The first-order valence-corrected chi connectivity index (χ1v) is 11.1. The number of hydrogen-bond acceptors (Lipinski definition) is 6. The summed E-state index contributed by atoms with van der Waals surface area (Å²) in [6.07, 6.45) is 0.905. The van der Waals surface area contributed by atoms with Crippen LogP contribution in [0.5, 0.6) is 5.75 Å². The number of amides is 1. The minimum atomic E-state index is -0.606. The van der Waals surface area contributed by atoms with E-state index in [1.807, 2.05) is 20.8 Å². The highest BCUT2D eigenvalue weighted by Crippen LogP contribution is 2.43. The number of nitrogens with one attached hydrogen (secondary N) is 1. The number of benzene rings is 1. The quantitative estimate of drug-likeness (QED) is 0.605. The van der Waals surface area contributed by atoms with Gasteiger partial charge in [-0.1, -0.05) is 23.2 Å². The average Bonchev–Trinajstić information content (AvgIpc) is 2.71. The molecular weight excluding hydrogens is 443 g/mol. The van der Waals surface area contributed by atoms with Gasteiger partial charge >= 0.3 is 12.1 Å². The predicted molar refractivity (Wildman–Crippen MR) is 121 cm³/mol. The molecule has 1 saturated heterocycles. The number of methoxy groups -OCH3 is 2. The number of piperidine rings is 1. The Bertz CT molecular complexity index is 797. The molecule has 3 atom stereocenters. The molecule has 1 aliphatic heterocycles. The van der Waals surface area contributed by atoms with Crippen molar-refractivity contribution in [1.29, 1.82) is 0 Å². The van der Waals surface area contributed by atoms with Crippen molar-refractivity contribution in [2.24, 2.45) is 0 Å². The zero-order valence-electron chi connectivity index (χ0n) is 19.0. The fourth-order valence-corrected chi connectivity index (χ4v) is 4.22. The normalized spacial score (nSPS) is 20.2. The zero-order valence-corrected chi connectivity index (χ0v) is 20.5. The van der Waals surface area contributed by atoms with Crippen molar-refractivity contribution in [2.75, 3.05) is 27.3 Å². The van der Waals surface area contributed by atoms with Crippen LogP contribution in [0.25, 0.3) is 0 Å². The van der Waals surface area contributed by atoms with E-state index in [0.717, 1.165) is 5.56 Å². The summed E-state index contributed by atoms with van der Waals surface area (Å²) in [5.74, 6) is 0.329. The fourth-order valence-electron chi connectivity index (χ4n) is 3.75. The van der Waals surface area contributed by atoms with Gasteiger partial charge in [-0.15, -0.1) is 0 Å². The van der Waals surface area contributed by atoms with Gasteiger partial charge in [-0.05, 0) is 58.6 Å². The van der Waals surface area contributed by atoms with Gasteiger partial charge in [0.05, 0.1) is 24.3 Å². The second-order valence-corrected chi connectivity index (χ2v) is 9.46. The molecular formula is C22H32Cl2N2O5. The predicted octanol–water partition coefficient (Wildman–Crippen LogP) is 4.64. The monoisotopic (exact) mass is 474 g/mol. The molecule has 0 saturated carbocycles. The SMILES string of the molecule is COC(=O)[C@H](C)NC[C@@H]1C[C@H](c2c(OC)ccc(Cl)c2Cl)CCN1C(=O)OC(C)(C)C. The van der Waals surface area contributed by atoms with Crippen molar-refractivity contribution in [3.8, 4) is 5.75 Å². The molecule has 1 amide bonds. The van der Waals surface area contributed by atoms with Crippen molar-refractivity contribution < 1.29 is 23.8 Å². The smallest absolute Gasteiger partial charge is 0.410 e. The average molecular weight is 475 g/mol. The van der Waals surface area contributed by atoms with E-state index < -0.39 is 11.6 Å². The lowest BCUT2D eigenvalue weighted by atomic mass is 9.84. The molecule has 0 aromatic heterocycles. The number of carbonyl (C=O) groups is 2. The zero-order chi connectivity index (χ0) is 23.3. The Balaban J connectivity index is 2.28. The van der Waals surface area contributed by atoms with E-state index in [1.165, 1.54) is 7.11 Å². The van der Waals surface area contributed by atoms with Gasteiger partial charge in [0.15, 0.2) is 0 Å². The van der Waals surface area contributed by atoms with Crippen LogP contribution in [0.2, 0.25) is 10.0 Å². The lowest BCUT2D eigenvalue weighted by molar-refractivity contribution is -0.142. The van der Waals surface area contributed by atoms with Gasteiger partial charge in [0, 0.05) is 24.7 Å². The molecule has 0 unspecified atom stereocenters. The summed E-state index contributed by atoms with van der Waals surface area (Å²) in [5, 5.41) is 4.09. The maximum atomic E-state index is 12.9. The molecule has 7 nitrogen and oxygen atoms in total. The third-order valence-electron chi connectivity index (χ3n) is 5.28. The van der Waals surface area contributed by atoms with Gasteiger partial charge in [0.25, 0.3) is 0 Å². The Morgan fingerprint density at radius 3 is 2.52 bits per heavy atom. The van der Waals surface area contributed by atoms with Crippen LogP contribution in [0.3, 0.4) is 0 Å². The molecule has 0 bridgehead atoms. The molecule has 2 rings (SSSR count). The van der Waals surface area contributed by atoms with Gasteiger partial charge in [0.2, 0.25) is 0 Å². The highest BCUT2D eigenvalue weighted by molar-refractivity contribution is 6.42. The Hall–Kier alpha value is -1.70. The second kappa shape index (κ2) is 10.7. The highest BCUT2D eigenvalue weighted by Gasteiger charge is 2.37. The van der Waals surface area contributed by atoms with Crippen LogP contribution in [0.4, 0.5) is 4.79 Å². The summed E-state index contributed by atoms with van der Waals surface area (Å²) in [7, 11) is 2.94. The van der Waals surface area contributed by atoms with E-state index in [-0.39, 0.29) is 24.0 Å². The maximum absolute atomic E-state index is 12.9. The first-order valence-electron chi connectivity index (χ1n) is 10.3. The van der Waals surface area contributed by atoms with Gasteiger partial charge in [-0.25, -0.2) is 4.79 Å². The van der Waals surface area contributed by atoms with E-state index in [9.17, 15) is 9.59 Å². The van der Waals surface area contributed by atoms with E-state index >= 15 is 0 Å². The molecule has 0 aliphatic carbocycles. The molecule has 9 heteroatoms. The molecule has 1 aromatic rings. The van der Waals surface area contributed by atoms with Crippen LogP contribution >= 0.6 is 23.2 Å². The van der Waals surface area contributed by atoms with Gasteiger partial charge in [0.1, 0.15) is 17.4 Å². The lowest BCUT2D eigenvalue weighted by Gasteiger charge is -2.41. The van der Waals surface area contributed by atoms with E-state index in [1.54, 1.807) is 31.1 Å². The first-order chi connectivity index (χ1) is 14.5. The third kappa shape index (κ3) is 6.64. The summed E-state index contributed by atoms with van der Waals surface area (Å²) in [4.78, 5) is 26.4. The maximum Gasteiger partial charge on any atom is 0.410 e. The van der Waals surface area contributed by atoms with Crippen molar-refractivity contribution in [1.82, 2.24) is 10.2 Å². The Labute approximate surface area is 194 Å². The second-order valence-electron chi connectivity index (χ2n) is 8.68. The minimum Gasteiger partial charge on any atom is -0.496 e. The van der Waals surface area contributed by atoms with Crippen LogP contribution in [0.15, 0.2) is 12.1 Å². The van der Waals surface area contributed by atoms with Crippen molar-refractivity contribution in [3.05, 3.63) is 27.7 Å². The summed E-state index contributed by atoms with van der Waals surface area (Å²) >= 11 is 12.8. The van der Waals surface area contributed by atoms with E-state index in [4.69, 9.17) is 37.4 Å². The van der Waals surface area contributed by atoms with Crippen molar-refractivity contribution in [2.45, 2.75) is 64.1 Å². The topological polar surface area (TPSA) is 77.1 Å². The summed E-state index contributed by atoms with van der Waals surface area (Å²) < 4.78 is 15.9. The molecule has 31 heavy (non-hydrogen) atoms. The van der Waals surface area contributed by atoms with Crippen molar-refractivity contribution in [3.63, 3.8) is 0 Å². The van der Waals surface area contributed by atoms with Crippen LogP contribution in [0, 0.1) is 0 Å². The number of likely N-dealkylation sites (tertiary alicyclic amines) is 1. The molecule has 1 N–H and O–H groups in total. The van der Waals surface area contributed by atoms with Crippen molar-refractivity contribution >= 4 is 35.3 Å². The van der Waals surface area contributed by atoms with Gasteiger partial charge in [-0.3, -0.25) is 4.79 Å². The standard InChI is InChI=1S/C22H32Cl2N2O5/c1-13(20(27)30-6)25-12-15-11-14(9-10-26(15)21(28)31-22(2,3)4)18-17(29-5)8-7-16(23)19(18)24/h7-8,13-15,25H,9-12H2,1-6H3/t13-,14+,15-/m0/s1. The number of ether oxygens (including phenoxy) is 3. The molecule has 0 radical (unpaired) electrons. The number of rotatable bonds is 6. The van der Waals surface area contributed by atoms with Crippen LogP contribution in [0.1, 0.15) is 52.0 Å². The molecule has 174 valence electrons. The van der Waals surface area contributed by atoms with Crippen LogP contribution < -0.4 is 10.1 Å².